The lowest BCUT2D eigenvalue weighted by atomic mass is 10.1. The third-order valence-electron chi connectivity index (χ3n) is 4.79. The van der Waals surface area contributed by atoms with E-state index in [1.807, 2.05) is 18.5 Å². The van der Waals surface area contributed by atoms with Crippen LogP contribution in [0.25, 0.3) is 0 Å². The fourth-order valence-electron chi connectivity index (χ4n) is 3.51. The maximum absolute atomic E-state index is 12.2. The van der Waals surface area contributed by atoms with Crippen molar-refractivity contribution < 1.29 is 4.79 Å². The Kier molecular flexibility index (Phi) is 5.20. The molecule has 0 aromatic carbocycles. The number of amides is 1. The Labute approximate surface area is 158 Å². The second kappa shape index (κ2) is 8.09. The SMILES string of the molecule is O=C(NCC[C@H]1CN(Cc2cccnc2)Cc2ccnn21)c1ccncc1. The quantitative estimate of drug-likeness (QED) is 0.726. The van der Waals surface area contributed by atoms with E-state index in [0.29, 0.717) is 12.1 Å². The Morgan fingerprint density at radius 2 is 2.00 bits per heavy atom. The zero-order valence-corrected chi connectivity index (χ0v) is 15.0. The lowest BCUT2D eigenvalue weighted by Crippen LogP contribution is -2.39. The van der Waals surface area contributed by atoms with E-state index in [-0.39, 0.29) is 11.9 Å². The molecule has 1 amide bonds. The fraction of sp³-hybridized carbons (Fsp3) is 0.300. The van der Waals surface area contributed by atoms with Crippen LogP contribution in [0.4, 0.5) is 0 Å². The van der Waals surface area contributed by atoms with Crippen molar-refractivity contribution in [2.75, 3.05) is 13.1 Å². The Morgan fingerprint density at radius 3 is 2.81 bits per heavy atom. The zero-order valence-electron chi connectivity index (χ0n) is 15.0. The van der Waals surface area contributed by atoms with Gasteiger partial charge in [-0.15, -0.1) is 0 Å². The maximum atomic E-state index is 12.2. The molecule has 3 aromatic rings. The second-order valence-corrected chi connectivity index (χ2v) is 6.73. The lowest BCUT2D eigenvalue weighted by molar-refractivity contribution is 0.0947. The van der Waals surface area contributed by atoms with Crippen molar-refractivity contribution in [2.45, 2.75) is 25.6 Å². The summed E-state index contributed by atoms with van der Waals surface area (Å²) >= 11 is 0. The average Bonchev–Trinajstić information content (AvgIpc) is 3.18. The molecule has 1 atom stereocenters. The molecule has 0 fully saturated rings. The molecule has 7 heteroatoms. The van der Waals surface area contributed by atoms with Crippen LogP contribution in [0.15, 0.2) is 61.3 Å². The van der Waals surface area contributed by atoms with Crippen LogP contribution in [0.3, 0.4) is 0 Å². The van der Waals surface area contributed by atoms with Gasteiger partial charge in [0.1, 0.15) is 0 Å². The van der Waals surface area contributed by atoms with Gasteiger partial charge in [-0.25, -0.2) is 0 Å². The molecule has 0 saturated carbocycles. The van der Waals surface area contributed by atoms with Gasteiger partial charge in [-0.2, -0.15) is 5.10 Å². The fourth-order valence-corrected chi connectivity index (χ4v) is 3.51. The number of aromatic nitrogens is 4. The van der Waals surface area contributed by atoms with Crippen molar-refractivity contribution in [1.29, 1.82) is 0 Å². The number of carbonyl (C=O) groups excluding carboxylic acids is 1. The van der Waals surface area contributed by atoms with Gasteiger partial charge < -0.3 is 5.32 Å². The molecule has 7 nitrogen and oxygen atoms in total. The van der Waals surface area contributed by atoms with Gasteiger partial charge in [-0.05, 0) is 36.2 Å². The number of rotatable bonds is 6. The molecule has 1 N–H and O–H groups in total. The Hall–Kier alpha value is -3.06. The first-order valence-electron chi connectivity index (χ1n) is 9.11. The molecule has 1 aliphatic rings. The van der Waals surface area contributed by atoms with E-state index >= 15 is 0 Å². The number of carbonyl (C=O) groups is 1. The number of nitrogens with one attached hydrogen (secondary N) is 1. The summed E-state index contributed by atoms with van der Waals surface area (Å²) in [5.74, 6) is -0.0684. The standard InChI is InChI=1S/C20H22N6O/c27-20(17-3-8-21-9-4-17)23-10-5-18-14-25(13-16-2-1-7-22-12-16)15-19-6-11-24-26(18)19/h1-4,6-9,11-12,18H,5,10,13-15H2,(H,23,27)/t18-/m0/s1. The van der Waals surface area contributed by atoms with E-state index in [9.17, 15) is 4.79 Å². The first kappa shape index (κ1) is 17.4. The summed E-state index contributed by atoms with van der Waals surface area (Å²) < 4.78 is 2.10. The molecule has 0 spiro atoms. The largest absolute Gasteiger partial charge is 0.352 e. The van der Waals surface area contributed by atoms with E-state index in [1.54, 1.807) is 30.7 Å². The minimum Gasteiger partial charge on any atom is -0.352 e. The van der Waals surface area contributed by atoms with Gasteiger partial charge >= 0.3 is 0 Å². The van der Waals surface area contributed by atoms with Crippen LogP contribution >= 0.6 is 0 Å². The van der Waals surface area contributed by atoms with Crippen molar-refractivity contribution >= 4 is 5.91 Å². The third kappa shape index (κ3) is 4.20. The smallest absolute Gasteiger partial charge is 0.251 e. The Bertz CT molecular complexity index is 880. The highest BCUT2D eigenvalue weighted by Gasteiger charge is 2.25. The first-order chi connectivity index (χ1) is 13.3. The molecule has 0 saturated heterocycles. The number of hydrogen-bond donors (Lipinski definition) is 1. The maximum Gasteiger partial charge on any atom is 0.251 e. The van der Waals surface area contributed by atoms with Gasteiger partial charge in [0.05, 0.1) is 11.7 Å². The normalized spacial score (nSPS) is 16.7. The van der Waals surface area contributed by atoms with Crippen molar-refractivity contribution in [3.05, 3.63) is 78.1 Å². The predicted molar refractivity (Wildman–Crippen MR) is 101 cm³/mol. The van der Waals surface area contributed by atoms with Crippen LogP contribution < -0.4 is 5.32 Å². The molecule has 3 aromatic heterocycles. The van der Waals surface area contributed by atoms with Gasteiger partial charge in [-0.3, -0.25) is 24.3 Å². The molecule has 0 unspecified atom stereocenters. The summed E-state index contributed by atoms with van der Waals surface area (Å²) in [7, 11) is 0. The van der Waals surface area contributed by atoms with E-state index in [2.05, 4.69) is 42.1 Å². The van der Waals surface area contributed by atoms with E-state index < -0.39 is 0 Å². The molecular weight excluding hydrogens is 340 g/mol. The van der Waals surface area contributed by atoms with Crippen molar-refractivity contribution in [2.24, 2.45) is 0 Å². The molecular formula is C20H22N6O. The topological polar surface area (TPSA) is 75.9 Å². The highest BCUT2D eigenvalue weighted by molar-refractivity contribution is 5.93. The van der Waals surface area contributed by atoms with Crippen LogP contribution in [-0.4, -0.2) is 43.6 Å². The number of nitrogens with zero attached hydrogens (tertiary/aromatic N) is 5. The van der Waals surface area contributed by atoms with Crippen molar-refractivity contribution in [3.63, 3.8) is 0 Å². The summed E-state index contributed by atoms with van der Waals surface area (Å²) in [5.41, 5.74) is 3.04. The predicted octanol–water partition coefficient (Wildman–Crippen LogP) is 2.05. The number of pyridine rings is 2. The van der Waals surface area contributed by atoms with E-state index in [1.165, 1.54) is 11.3 Å². The highest BCUT2D eigenvalue weighted by Crippen LogP contribution is 2.24. The van der Waals surface area contributed by atoms with Crippen molar-refractivity contribution in [1.82, 2.24) is 30.0 Å². The van der Waals surface area contributed by atoms with Crippen LogP contribution in [0, 0.1) is 0 Å². The summed E-state index contributed by atoms with van der Waals surface area (Å²) in [5, 5.41) is 7.49. The van der Waals surface area contributed by atoms with Gasteiger partial charge in [-0.1, -0.05) is 6.07 Å². The summed E-state index contributed by atoms with van der Waals surface area (Å²) in [6.45, 7) is 3.23. The van der Waals surface area contributed by atoms with Crippen LogP contribution in [-0.2, 0) is 13.1 Å². The van der Waals surface area contributed by atoms with E-state index in [4.69, 9.17) is 0 Å². The minimum atomic E-state index is -0.0684. The molecule has 138 valence electrons. The average molecular weight is 362 g/mol. The molecule has 27 heavy (non-hydrogen) atoms. The summed E-state index contributed by atoms with van der Waals surface area (Å²) in [4.78, 5) is 22.8. The molecule has 0 radical (unpaired) electrons. The monoisotopic (exact) mass is 362 g/mol. The Morgan fingerprint density at radius 1 is 1.11 bits per heavy atom. The van der Waals surface area contributed by atoms with Crippen LogP contribution in [0.1, 0.15) is 34.1 Å². The highest BCUT2D eigenvalue weighted by atomic mass is 16.1. The molecule has 0 aliphatic carbocycles. The van der Waals surface area contributed by atoms with Gasteiger partial charge in [0.25, 0.3) is 5.91 Å². The minimum absolute atomic E-state index is 0.0684. The molecule has 4 rings (SSSR count). The molecule has 4 heterocycles. The van der Waals surface area contributed by atoms with Crippen LogP contribution in [0.5, 0.6) is 0 Å². The van der Waals surface area contributed by atoms with Crippen LogP contribution in [0.2, 0.25) is 0 Å². The van der Waals surface area contributed by atoms with Gasteiger partial charge in [0.15, 0.2) is 0 Å². The Balaban J connectivity index is 1.37. The third-order valence-corrected chi connectivity index (χ3v) is 4.79. The van der Waals surface area contributed by atoms with Crippen molar-refractivity contribution in [3.8, 4) is 0 Å². The van der Waals surface area contributed by atoms with Gasteiger partial charge in [0, 0.05) is 62.7 Å². The van der Waals surface area contributed by atoms with E-state index in [0.717, 1.165) is 26.1 Å². The first-order valence-corrected chi connectivity index (χ1v) is 9.11. The summed E-state index contributed by atoms with van der Waals surface area (Å²) in [6, 6.07) is 9.81. The summed E-state index contributed by atoms with van der Waals surface area (Å²) in [6.07, 6.45) is 9.64. The number of hydrogen-bond acceptors (Lipinski definition) is 5. The number of fused-ring (bicyclic) bond motifs is 1. The lowest BCUT2D eigenvalue weighted by Gasteiger charge is -2.34. The second-order valence-electron chi connectivity index (χ2n) is 6.73. The van der Waals surface area contributed by atoms with Gasteiger partial charge in [0.2, 0.25) is 0 Å². The zero-order chi connectivity index (χ0) is 18.5. The molecule has 1 aliphatic heterocycles. The molecule has 0 bridgehead atoms.